The molecule has 0 saturated heterocycles. The lowest BCUT2D eigenvalue weighted by molar-refractivity contribution is 0.102. The number of nitrogens with zero attached hydrogens (tertiary/aromatic N) is 3. The number of pyridine rings is 1. The number of hydrogen-bond donors (Lipinski definition) is 1. The Bertz CT molecular complexity index is 1180. The quantitative estimate of drug-likeness (QED) is 0.508. The molecule has 1 amide bonds. The van der Waals surface area contributed by atoms with E-state index in [1.165, 1.54) is 12.8 Å². The molecule has 1 fully saturated rings. The second-order valence-corrected chi connectivity index (χ2v) is 7.63. The average Bonchev–Trinajstić information content (AvgIpc) is 3.52. The zero-order chi connectivity index (χ0) is 19.8. The van der Waals surface area contributed by atoms with E-state index in [-0.39, 0.29) is 11.9 Å². The zero-order valence-corrected chi connectivity index (χ0v) is 16.2. The third-order valence-electron chi connectivity index (χ3n) is 5.63. The van der Waals surface area contributed by atoms with Crippen molar-refractivity contribution in [2.24, 2.45) is 5.92 Å². The highest BCUT2D eigenvalue weighted by Crippen LogP contribution is 2.40. The van der Waals surface area contributed by atoms with Gasteiger partial charge in [0.05, 0.1) is 29.0 Å². The normalized spacial score (nSPS) is 14.7. The fourth-order valence-electron chi connectivity index (χ4n) is 3.82. The van der Waals surface area contributed by atoms with Crippen LogP contribution in [-0.2, 0) is 0 Å². The SMILES string of the molecule is CC(C1CC1)n1nccc1NC(=O)c1cc(-c2ccccc2)nc2ccccc12. The molecule has 2 aromatic carbocycles. The van der Waals surface area contributed by atoms with Crippen LogP contribution in [0.5, 0.6) is 0 Å². The first-order chi connectivity index (χ1) is 14.2. The van der Waals surface area contributed by atoms with Crippen LogP contribution in [0.3, 0.4) is 0 Å². The number of fused-ring (bicyclic) bond motifs is 1. The van der Waals surface area contributed by atoms with Gasteiger partial charge in [0.1, 0.15) is 5.82 Å². The highest BCUT2D eigenvalue weighted by atomic mass is 16.1. The largest absolute Gasteiger partial charge is 0.307 e. The summed E-state index contributed by atoms with van der Waals surface area (Å²) in [6.07, 6.45) is 4.20. The van der Waals surface area contributed by atoms with Gasteiger partial charge in [-0.25, -0.2) is 9.67 Å². The van der Waals surface area contributed by atoms with Gasteiger partial charge in [0.2, 0.25) is 0 Å². The van der Waals surface area contributed by atoms with Crippen molar-refractivity contribution in [3.63, 3.8) is 0 Å². The molecule has 0 aliphatic heterocycles. The molecule has 1 atom stereocenters. The van der Waals surface area contributed by atoms with Gasteiger partial charge in [0.15, 0.2) is 0 Å². The fourth-order valence-corrected chi connectivity index (χ4v) is 3.82. The minimum atomic E-state index is -0.148. The van der Waals surface area contributed by atoms with Crippen LogP contribution in [0.25, 0.3) is 22.2 Å². The summed E-state index contributed by atoms with van der Waals surface area (Å²) in [5, 5.41) is 8.35. The molecule has 2 aromatic heterocycles. The molecule has 4 aromatic rings. The minimum absolute atomic E-state index is 0.148. The maximum absolute atomic E-state index is 13.3. The van der Waals surface area contributed by atoms with Crippen molar-refractivity contribution < 1.29 is 4.79 Å². The number of carbonyl (C=O) groups is 1. The number of anilines is 1. The predicted octanol–water partition coefficient (Wildman–Crippen LogP) is 5.32. The second kappa shape index (κ2) is 7.17. The number of hydrogen-bond acceptors (Lipinski definition) is 3. The van der Waals surface area contributed by atoms with E-state index >= 15 is 0 Å². The van der Waals surface area contributed by atoms with Crippen LogP contribution in [0.4, 0.5) is 5.82 Å². The van der Waals surface area contributed by atoms with E-state index in [2.05, 4.69) is 17.3 Å². The highest BCUT2D eigenvalue weighted by Gasteiger charge is 2.31. The van der Waals surface area contributed by atoms with Gasteiger partial charge in [-0.3, -0.25) is 4.79 Å². The summed E-state index contributed by atoms with van der Waals surface area (Å²) in [7, 11) is 0. The average molecular weight is 382 g/mol. The van der Waals surface area contributed by atoms with Gasteiger partial charge in [-0.2, -0.15) is 5.10 Å². The summed E-state index contributed by atoms with van der Waals surface area (Å²) in [4.78, 5) is 18.1. The van der Waals surface area contributed by atoms with Crippen LogP contribution >= 0.6 is 0 Å². The van der Waals surface area contributed by atoms with Crippen molar-refractivity contribution in [1.82, 2.24) is 14.8 Å². The molecule has 5 rings (SSSR count). The topological polar surface area (TPSA) is 59.8 Å². The van der Waals surface area contributed by atoms with Gasteiger partial charge in [-0.05, 0) is 37.8 Å². The smallest absolute Gasteiger partial charge is 0.257 e. The molecule has 1 N–H and O–H groups in total. The van der Waals surface area contributed by atoms with Crippen LogP contribution in [0.2, 0.25) is 0 Å². The predicted molar refractivity (Wildman–Crippen MR) is 115 cm³/mol. The summed E-state index contributed by atoms with van der Waals surface area (Å²) in [6.45, 7) is 2.16. The number of aromatic nitrogens is 3. The molecule has 0 radical (unpaired) electrons. The Morgan fingerprint density at radius 2 is 1.83 bits per heavy atom. The molecule has 2 heterocycles. The first-order valence-corrected chi connectivity index (χ1v) is 10.0. The third-order valence-corrected chi connectivity index (χ3v) is 5.63. The molecule has 1 aliphatic rings. The molecule has 5 nitrogen and oxygen atoms in total. The maximum Gasteiger partial charge on any atom is 0.257 e. The van der Waals surface area contributed by atoms with Crippen molar-refractivity contribution in [2.45, 2.75) is 25.8 Å². The van der Waals surface area contributed by atoms with Crippen LogP contribution in [0, 0.1) is 5.92 Å². The number of rotatable bonds is 5. The van der Waals surface area contributed by atoms with Gasteiger partial charge in [0, 0.05) is 17.0 Å². The summed E-state index contributed by atoms with van der Waals surface area (Å²) < 4.78 is 1.93. The Kier molecular flexibility index (Phi) is 4.35. The van der Waals surface area contributed by atoms with Crippen molar-refractivity contribution in [1.29, 1.82) is 0 Å². The molecule has 1 saturated carbocycles. The Labute approximate surface area is 169 Å². The zero-order valence-electron chi connectivity index (χ0n) is 16.2. The van der Waals surface area contributed by atoms with Crippen LogP contribution in [0.1, 0.15) is 36.2 Å². The van der Waals surface area contributed by atoms with Crippen molar-refractivity contribution >= 4 is 22.6 Å². The molecular formula is C24H22N4O. The van der Waals surface area contributed by atoms with Gasteiger partial charge < -0.3 is 5.32 Å². The molecule has 29 heavy (non-hydrogen) atoms. The summed E-state index contributed by atoms with van der Waals surface area (Å²) in [5.74, 6) is 1.24. The van der Waals surface area contributed by atoms with E-state index < -0.39 is 0 Å². The Balaban J connectivity index is 1.54. The molecule has 5 heteroatoms. The van der Waals surface area contributed by atoms with Crippen LogP contribution in [-0.4, -0.2) is 20.7 Å². The highest BCUT2D eigenvalue weighted by molar-refractivity contribution is 6.12. The van der Waals surface area contributed by atoms with Crippen molar-refractivity contribution in [3.05, 3.63) is 78.5 Å². The summed E-state index contributed by atoms with van der Waals surface area (Å²) in [5.41, 5.74) is 3.19. The van der Waals surface area contributed by atoms with E-state index in [1.807, 2.05) is 71.4 Å². The minimum Gasteiger partial charge on any atom is -0.307 e. The number of benzene rings is 2. The van der Waals surface area contributed by atoms with Gasteiger partial charge >= 0.3 is 0 Å². The summed E-state index contributed by atoms with van der Waals surface area (Å²) in [6, 6.07) is 21.7. The monoisotopic (exact) mass is 382 g/mol. The molecule has 0 bridgehead atoms. The van der Waals surface area contributed by atoms with E-state index in [4.69, 9.17) is 4.98 Å². The van der Waals surface area contributed by atoms with E-state index in [1.54, 1.807) is 6.20 Å². The number of nitrogens with one attached hydrogen (secondary N) is 1. The van der Waals surface area contributed by atoms with Crippen LogP contribution < -0.4 is 5.32 Å². The third kappa shape index (κ3) is 3.40. The first-order valence-electron chi connectivity index (χ1n) is 10.0. The first kappa shape index (κ1) is 17.6. The number of carbonyl (C=O) groups excluding carboxylic acids is 1. The second-order valence-electron chi connectivity index (χ2n) is 7.63. The van der Waals surface area contributed by atoms with Gasteiger partial charge in [0.25, 0.3) is 5.91 Å². The van der Waals surface area contributed by atoms with Gasteiger partial charge in [-0.1, -0.05) is 48.5 Å². The molecule has 144 valence electrons. The van der Waals surface area contributed by atoms with E-state index in [0.717, 1.165) is 28.0 Å². The lowest BCUT2D eigenvalue weighted by atomic mass is 10.0. The Hall–Kier alpha value is -3.47. The summed E-state index contributed by atoms with van der Waals surface area (Å²) >= 11 is 0. The van der Waals surface area contributed by atoms with Crippen molar-refractivity contribution in [3.8, 4) is 11.3 Å². The van der Waals surface area contributed by atoms with Crippen LogP contribution in [0.15, 0.2) is 72.9 Å². The van der Waals surface area contributed by atoms with Gasteiger partial charge in [-0.15, -0.1) is 0 Å². The maximum atomic E-state index is 13.3. The molecule has 1 unspecified atom stereocenters. The molecule has 0 spiro atoms. The number of amides is 1. The fraction of sp³-hybridized carbons (Fsp3) is 0.208. The molecule has 1 aliphatic carbocycles. The molecular weight excluding hydrogens is 360 g/mol. The Morgan fingerprint density at radius 3 is 2.62 bits per heavy atom. The number of para-hydroxylation sites is 1. The van der Waals surface area contributed by atoms with Crippen molar-refractivity contribution in [2.75, 3.05) is 5.32 Å². The lowest BCUT2D eigenvalue weighted by Gasteiger charge is -2.16. The standard InChI is InChI=1S/C24H22N4O/c1-16(17-11-12-17)28-23(13-14-25-28)27-24(29)20-15-22(18-7-3-2-4-8-18)26-21-10-6-5-9-19(20)21/h2-10,13-17H,11-12H2,1H3,(H,27,29). The van der Waals surface area contributed by atoms with E-state index in [9.17, 15) is 4.79 Å². The van der Waals surface area contributed by atoms with E-state index in [0.29, 0.717) is 11.5 Å². The Morgan fingerprint density at radius 1 is 1.07 bits per heavy atom. The lowest BCUT2D eigenvalue weighted by Crippen LogP contribution is -2.19.